The first kappa shape index (κ1) is 14.9. The van der Waals surface area contributed by atoms with Gasteiger partial charge in [-0.25, -0.2) is 8.78 Å². The van der Waals surface area contributed by atoms with E-state index < -0.39 is 11.6 Å². The lowest BCUT2D eigenvalue weighted by atomic mass is 10.2. The van der Waals surface area contributed by atoms with Crippen LogP contribution in [-0.4, -0.2) is 30.9 Å². The van der Waals surface area contributed by atoms with Gasteiger partial charge in [-0.1, -0.05) is 6.92 Å². The van der Waals surface area contributed by atoms with Crippen LogP contribution in [0.15, 0.2) is 18.2 Å². The minimum absolute atomic E-state index is 0.0256. The van der Waals surface area contributed by atoms with Crippen LogP contribution in [0.5, 0.6) is 5.75 Å². The van der Waals surface area contributed by atoms with Gasteiger partial charge in [0, 0.05) is 18.7 Å². The summed E-state index contributed by atoms with van der Waals surface area (Å²) in [4.78, 5) is 0. The normalized spacial score (nSPS) is 12.4. The lowest BCUT2D eigenvalue weighted by Gasteiger charge is -2.18. The molecule has 0 radical (unpaired) electrons. The molecule has 18 heavy (non-hydrogen) atoms. The Morgan fingerprint density at radius 1 is 1.39 bits per heavy atom. The number of hydrogen-bond acceptors (Lipinski definition) is 3. The summed E-state index contributed by atoms with van der Waals surface area (Å²) in [6.45, 7) is 3.11. The molecule has 0 aliphatic heterocycles. The van der Waals surface area contributed by atoms with Crippen molar-refractivity contribution in [3.05, 3.63) is 29.8 Å². The lowest BCUT2D eigenvalue weighted by molar-refractivity contribution is 0.209. The number of hydrogen-bond donors (Lipinski definition) is 2. The van der Waals surface area contributed by atoms with Gasteiger partial charge in [0.25, 0.3) is 0 Å². The number of aliphatic hydroxyl groups is 1. The van der Waals surface area contributed by atoms with Gasteiger partial charge in [-0.3, -0.25) is 0 Å². The van der Waals surface area contributed by atoms with Crippen LogP contribution < -0.4 is 10.1 Å². The van der Waals surface area contributed by atoms with Crippen molar-refractivity contribution >= 4 is 0 Å². The second-order valence-electron chi connectivity index (χ2n) is 4.05. The zero-order valence-electron chi connectivity index (χ0n) is 10.5. The van der Waals surface area contributed by atoms with E-state index in [9.17, 15) is 8.78 Å². The van der Waals surface area contributed by atoms with Crippen molar-refractivity contribution in [2.24, 2.45) is 0 Å². The molecule has 2 N–H and O–H groups in total. The third-order valence-corrected chi connectivity index (χ3v) is 2.49. The predicted molar refractivity (Wildman–Crippen MR) is 65.6 cm³/mol. The molecule has 0 saturated heterocycles. The first-order valence-corrected chi connectivity index (χ1v) is 6.09. The summed E-state index contributed by atoms with van der Waals surface area (Å²) in [6.07, 6.45) is 1.50. The lowest BCUT2D eigenvalue weighted by Crippen LogP contribution is -2.36. The van der Waals surface area contributed by atoms with Gasteiger partial charge in [0.05, 0.1) is 0 Å². The Morgan fingerprint density at radius 2 is 2.17 bits per heavy atom. The van der Waals surface area contributed by atoms with Crippen LogP contribution in [-0.2, 0) is 0 Å². The van der Waals surface area contributed by atoms with E-state index in [-0.39, 0.29) is 25.0 Å². The number of nitrogens with one attached hydrogen (secondary N) is 1. The number of benzene rings is 1. The van der Waals surface area contributed by atoms with Gasteiger partial charge in [0.15, 0.2) is 11.6 Å². The average molecular weight is 259 g/mol. The summed E-state index contributed by atoms with van der Waals surface area (Å²) < 4.78 is 31.3. The van der Waals surface area contributed by atoms with Gasteiger partial charge < -0.3 is 15.2 Å². The second kappa shape index (κ2) is 8.00. The van der Waals surface area contributed by atoms with Crippen molar-refractivity contribution in [1.82, 2.24) is 5.32 Å². The highest BCUT2D eigenvalue weighted by atomic mass is 19.1. The van der Waals surface area contributed by atoms with E-state index in [4.69, 9.17) is 9.84 Å². The fourth-order valence-corrected chi connectivity index (χ4v) is 1.53. The molecule has 1 unspecified atom stereocenters. The number of aliphatic hydroxyl groups excluding tert-OH is 1. The molecule has 0 heterocycles. The van der Waals surface area contributed by atoms with E-state index in [0.717, 1.165) is 25.1 Å². The molecule has 0 aliphatic rings. The van der Waals surface area contributed by atoms with E-state index in [0.29, 0.717) is 6.42 Å². The van der Waals surface area contributed by atoms with Crippen LogP contribution in [0.2, 0.25) is 0 Å². The van der Waals surface area contributed by atoms with Crippen LogP contribution in [0.3, 0.4) is 0 Å². The number of halogens is 2. The summed E-state index contributed by atoms with van der Waals surface area (Å²) in [6, 6.07) is 3.16. The highest BCUT2D eigenvalue weighted by molar-refractivity contribution is 5.24. The van der Waals surface area contributed by atoms with E-state index in [1.165, 1.54) is 6.07 Å². The Labute approximate surface area is 106 Å². The zero-order valence-corrected chi connectivity index (χ0v) is 10.5. The monoisotopic (exact) mass is 259 g/mol. The van der Waals surface area contributed by atoms with Gasteiger partial charge in [0.2, 0.25) is 0 Å². The topological polar surface area (TPSA) is 41.5 Å². The third kappa shape index (κ3) is 4.98. The molecule has 0 aliphatic carbocycles. The molecule has 5 heteroatoms. The minimum Gasteiger partial charge on any atom is -0.489 e. The van der Waals surface area contributed by atoms with Crippen molar-refractivity contribution in [2.75, 3.05) is 19.8 Å². The Balaban J connectivity index is 2.49. The largest absolute Gasteiger partial charge is 0.489 e. The van der Waals surface area contributed by atoms with Crippen LogP contribution in [0.4, 0.5) is 8.78 Å². The standard InChI is InChI=1S/C13H19F2NO2/c1-2-6-16-11(5-7-17)9-18-13-4-3-10(14)8-12(13)15/h3-4,8,11,16-17H,2,5-7,9H2,1H3. The van der Waals surface area contributed by atoms with Crippen LogP contribution >= 0.6 is 0 Å². The Morgan fingerprint density at radius 3 is 2.78 bits per heavy atom. The molecule has 1 atom stereocenters. The maximum Gasteiger partial charge on any atom is 0.167 e. The molecule has 102 valence electrons. The molecule has 0 saturated carbocycles. The van der Waals surface area contributed by atoms with Gasteiger partial charge >= 0.3 is 0 Å². The Bertz CT molecular complexity index is 361. The quantitative estimate of drug-likeness (QED) is 0.751. The molecule has 0 aromatic heterocycles. The van der Waals surface area contributed by atoms with Crippen molar-refractivity contribution in [3.63, 3.8) is 0 Å². The SMILES string of the molecule is CCCNC(CCO)COc1ccc(F)cc1F. The molecule has 3 nitrogen and oxygen atoms in total. The third-order valence-electron chi connectivity index (χ3n) is 2.49. The highest BCUT2D eigenvalue weighted by Gasteiger charge is 2.10. The van der Waals surface area contributed by atoms with Crippen molar-refractivity contribution < 1.29 is 18.6 Å². The van der Waals surface area contributed by atoms with Crippen molar-refractivity contribution in [1.29, 1.82) is 0 Å². The number of rotatable bonds is 8. The molecule has 0 spiro atoms. The molecular formula is C13H19F2NO2. The zero-order chi connectivity index (χ0) is 13.4. The summed E-state index contributed by atoms with van der Waals surface area (Å²) >= 11 is 0. The molecule has 1 rings (SSSR count). The van der Waals surface area contributed by atoms with Crippen LogP contribution in [0, 0.1) is 11.6 Å². The van der Waals surface area contributed by atoms with Crippen molar-refractivity contribution in [3.8, 4) is 5.75 Å². The van der Waals surface area contributed by atoms with E-state index in [1.807, 2.05) is 6.92 Å². The Kier molecular flexibility index (Phi) is 6.60. The summed E-state index contributed by atoms with van der Waals surface area (Å²) in [5.74, 6) is -1.32. The van der Waals surface area contributed by atoms with E-state index in [2.05, 4.69) is 5.32 Å². The fraction of sp³-hybridized carbons (Fsp3) is 0.538. The first-order valence-electron chi connectivity index (χ1n) is 6.09. The molecule has 1 aromatic rings. The van der Waals surface area contributed by atoms with Gasteiger partial charge in [-0.15, -0.1) is 0 Å². The van der Waals surface area contributed by atoms with Crippen molar-refractivity contribution in [2.45, 2.75) is 25.8 Å². The minimum atomic E-state index is -0.715. The summed E-state index contributed by atoms with van der Waals surface area (Å²) in [5.41, 5.74) is 0. The summed E-state index contributed by atoms with van der Waals surface area (Å²) in [7, 11) is 0. The Hall–Kier alpha value is -1.20. The molecular weight excluding hydrogens is 240 g/mol. The highest BCUT2D eigenvalue weighted by Crippen LogP contribution is 2.17. The second-order valence-corrected chi connectivity index (χ2v) is 4.05. The fourth-order valence-electron chi connectivity index (χ4n) is 1.53. The predicted octanol–water partition coefficient (Wildman–Crippen LogP) is 2.09. The first-order chi connectivity index (χ1) is 8.67. The van der Waals surface area contributed by atoms with E-state index in [1.54, 1.807) is 0 Å². The van der Waals surface area contributed by atoms with Gasteiger partial charge in [-0.2, -0.15) is 0 Å². The molecule has 0 bridgehead atoms. The van der Waals surface area contributed by atoms with Crippen LogP contribution in [0.25, 0.3) is 0 Å². The molecule has 0 fully saturated rings. The average Bonchev–Trinajstić information content (AvgIpc) is 2.34. The smallest absolute Gasteiger partial charge is 0.167 e. The van der Waals surface area contributed by atoms with Crippen LogP contribution in [0.1, 0.15) is 19.8 Å². The molecule has 1 aromatic carbocycles. The molecule has 0 amide bonds. The summed E-state index contributed by atoms with van der Waals surface area (Å²) in [5, 5.41) is 12.1. The van der Waals surface area contributed by atoms with Gasteiger partial charge in [0.1, 0.15) is 12.4 Å². The maximum atomic E-state index is 13.3. The number of ether oxygens (including phenoxy) is 1. The van der Waals surface area contributed by atoms with E-state index >= 15 is 0 Å². The van der Waals surface area contributed by atoms with Gasteiger partial charge in [-0.05, 0) is 31.5 Å². The maximum absolute atomic E-state index is 13.3.